The number of carbonyl (C=O) groups is 2. The molecule has 0 radical (unpaired) electrons. The summed E-state index contributed by atoms with van der Waals surface area (Å²) in [5.74, 6) is -0.396. The molecule has 0 fully saturated rings. The summed E-state index contributed by atoms with van der Waals surface area (Å²) in [6.07, 6.45) is 81.1. The van der Waals surface area contributed by atoms with E-state index >= 15 is 0 Å². The first-order valence-corrected chi connectivity index (χ1v) is 31.8. The van der Waals surface area contributed by atoms with Crippen LogP contribution in [0.15, 0.2) is 60.8 Å². The summed E-state index contributed by atoms with van der Waals surface area (Å²) in [6.45, 7) is 7.81. The average molecular weight is 1010 g/mol. The van der Waals surface area contributed by atoms with E-state index in [0.717, 1.165) is 57.8 Å². The van der Waals surface area contributed by atoms with Crippen LogP contribution in [0, 0.1) is 0 Å². The first-order valence-electron chi connectivity index (χ1n) is 31.8. The van der Waals surface area contributed by atoms with Crippen molar-refractivity contribution in [1.82, 2.24) is 0 Å². The number of rotatable bonds is 59. The molecular formula is C67H122O5. The number of allylic oxidation sites excluding steroid dienone is 10. The standard InChI is InChI=1S/C67H122O5/c1-4-7-10-13-16-19-22-25-28-31-33-35-38-41-44-47-50-53-56-59-62-70-63-65(72-67(69)61-58-55-52-49-46-43-40-36-30-27-24-21-18-15-12-9-6-3)64-71-66(68)60-57-54-51-48-45-42-39-37-34-32-29-26-23-20-17-14-11-8-5-2/h17-18,20-21,25-30,65H,4-16,19,22-24,31-64H2,1-3H3/b20-17-,21-18-,28-25-,29-26-,30-27-. The van der Waals surface area contributed by atoms with E-state index in [1.807, 2.05) is 0 Å². The van der Waals surface area contributed by atoms with Crippen LogP contribution in [0.2, 0.25) is 0 Å². The SMILES string of the molecule is CCCCC/C=C\C/C=C\CCCCCCCCCCCC(=O)OCC(COCCCCCCCCCCCC/C=C\CCCCCCCC)OC(=O)CCCCCCCCC/C=C\C/C=C\CCCCC. The summed E-state index contributed by atoms with van der Waals surface area (Å²) in [5.41, 5.74) is 0. The molecule has 0 N–H and O–H groups in total. The molecule has 0 aliphatic heterocycles. The molecule has 1 unspecified atom stereocenters. The lowest BCUT2D eigenvalue weighted by atomic mass is 10.1. The summed E-state index contributed by atoms with van der Waals surface area (Å²) in [4.78, 5) is 25.6. The highest BCUT2D eigenvalue weighted by molar-refractivity contribution is 5.70. The molecule has 0 saturated heterocycles. The second kappa shape index (κ2) is 62.9. The van der Waals surface area contributed by atoms with Crippen LogP contribution in [0.4, 0.5) is 0 Å². The molecule has 0 aliphatic rings. The summed E-state index contributed by atoms with van der Waals surface area (Å²) >= 11 is 0. The van der Waals surface area contributed by atoms with Gasteiger partial charge in [-0.05, 0) is 109 Å². The van der Waals surface area contributed by atoms with Gasteiger partial charge in [-0.3, -0.25) is 9.59 Å². The summed E-state index contributed by atoms with van der Waals surface area (Å²) in [6, 6.07) is 0. The molecule has 0 rings (SSSR count). The van der Waals surface area contributed by atoms with E-state index in [9.17, 15) is 9.59 Å². The highest BCUT2D eigenvalue weighted by Gasteiger charge is 2.18. The van der Waals surface area contributed by atoms with Gasteiger partial charge < -0.3 is 14.2 Å². The van der Waals surface area contributed by atoms with Crippen molar-refractivity contribution in [2.45, 2.75) is 335 Å². The fraction of sp³-hybridized carbons (Fsp3) is 0.821. The second-order valence-corrected chi connectivity index (χ2v) is 21.3. The quantitative estimate of drug-likeness (QED) is 0.0345. The molecule has 0 spiro atoms. The van der Waals surface area contributed by atoms with Gasteiger partial charge in [0.1, 0.15) is 6.61 Å². The maximum atomic E-state index is 12.9. The Hall–Kier alpha value is -2.40. The zero-order valence-electron chi connectivity index (χ0n) is 48.5. The Labute approximate surface area is 449 Å². The predicted molar refractivity (Wildman–Crippen MR) is 316 cm³/mol. The lowest BCUT2D eigenvalue weighted by Crippen LogP contribution is -2.30. The first kappa shape index (κ1) is 69.6. The molecule has 5 heteroatoms. The van der Waals surface area contributed by atoms with E-state index in [1.54, 1.807) is 0 Å². The monoisotopic (exact) mass is 1010 g/mol. The van der Waals surface area contributed by atoms with Crippen molar-refractivity contribution >= 4 is 11.9 Å². The number of hydrogen-bond donors (Lipinski definition) is 0. The Morgan fingerprint density at radius 3 is 0.958 bits per heavy atom. The number of hydrogen-bond acceptors (Lipinski definition) is 5. The second-order valence-electron chi connectivity index (χ2n) is 21.3. The normalized spacial score (nSPS) is 12.5. The Bertz CT molecular complexity index is 1230. The van der Waals surface area contributed by atoms with Crippen LogP contribution < -0.4 is 0 Å². The van der Waals surface area contributed by atoms with Gasteiger partial charge in [-0.25, -0.2) is 0 Å². The van der Waals surface area contributed by atoms with Gasteiger partial charge in [0.15, 0.2) is 6.10 Å². The van der Waals surface area contributed by atoms with E-state index in [4.69, 9.17) is 14.2 Å². The molecule has 0 amide bonds. The van der Waals surface area contributed by atoms with Crippen LogP contribution in [0.3, 0.4) is 0 Å². The zero-order valence-corrected chi connectivity index (χ0v) is 48.5. The van der Waals surface area contributed by atoms with Crippen molar-refractivity contribution in [1.29, 1.82) is 0 Å². The maximum Gasteiger partial charge on any atom is 0.306 e. The van der Waals surface area contributed by atoms with Crippen molar-refractivity contribution in [2.75, 3.05) is 19.8 Å². The Morgan fingerprint density at radius 2 is 0.583 bits per heavy atom. The number of carbonyl (C=O) groups excluding carboxylic acids is 2. The van der Waals surface area contributed by atoms with Crippen LogP contribution in [0.25, 0.3) is 0 Å². The first-order chi connectivity index (χ1) is 35.6. The highest BCUT2D eigenvalue weighted by Crippen LogP contribution is 2.16. The Kier molecular flexibility index (Phi) is 60.8. The van der Waals surface area contributed by atoms with E-state index in [2.05, 4.69) is 81.5 Å². The molecular weight excluding hydrogens is 885 g/mol. The third-order valence-electron chi connectivity index (χ3n) is 14.0. The third kappa shape index (κ3) is 60.2. The highest BCUT2D eigenvalue weighted by atomic mass is 16.6. The van der Waals surface area contributed by atoms with Crippen molar-refractivity contribution in [3.05, 3.63) is 60.8 Å². The van der Waals surface area contributed by atoms with Gasteiger partial charge in [-0.1, -0.05) is 268 Å². The van der Waals surface area contributed by atoms with Gasteiger partial charge in [0.05, 0.1) is 6.61 Å². The van der Waals surface area contributed by atoms with Gasteiger partial charge in [0.2, 0.25) is 0 Å². The fourth-order valence-corrected chi connectivity index (χ4v) is 9.21. The minimum absolute atomic E-state index is 0.0808. The molecule has 420 valence electrons. The molecule has 0 heterocycles. The van der Waals surface area contributed by atoms with E-state index in [0.29, 0.717) is 19.4 Å². The van der Waals surface area contributed by atoms with Crippen LogP contribution in [-0.4, -0.2) is 37.9 Å². The van der Waals surface area contributed by atoms with Gasteiger partial charge in [-0.2, -0.15) is 0 Å². The minimum atomic E-state index is -0.545. The minimum Gasteiger partial charge on any atom is -0.462 e. The number of ether oxygens (including phenoxy) is 3. The summed E-state index contributed by atoms with van der Waals surface area (Å²) < 4.78 is 17.5. The third-order valence-corrected chi connectivity index (χ3v) is 14.0. The lowest BCUT2D eigenvalue weighted by Gasteiger charge is -2.18. The average Bonchev–Trinajstić information content (AvgIpc) is 3.38. The van der Waals surface area contributed by atoms with E-state index in [1.165, 1.54) is 238 Å². The fourth-order valence-electron chi connectivity index (χ4n) is 9.21. The Balaban J connectivity index is 4.27. The molecule has 0 aromatic heterocycles. The molecule has 72 heavy (non-hydrogen) atoms. The van der Waals surface area contributed by atoms with Crippen LogP contribution in [-0.2, 0) is 23.8 Å². The van der Waals surface area contributed by atoms with Crippen molar-refractivity contribution in [3.8, 4) is 0 Å². The molecule has 0 bridgehead atoms. The van der Waals surface area contributed by atoms with Gasteiger partial charge >= 0.3 is 11.9 Å². The lowest BCUT2D eigenvalue weighted by molar-refractivity contribution is -0.163. The molecule has 0 aliphatic carbocycles. The van der Waals surface area contributed by atoms with Crippen LogP contribution >= 0.6 is 0 Å². The molecule has 1 atom stereocenters. The zero-order chi connectivity index (χ0) is 52.0. The molecule has 0 aromatic rings. The smallest absolute Gasteiger partial charge is 0.306 e. The summed E-state index contributed by atoms with van der Waals surface area (Å²) in [5, 5.41) is 0. The van der Waals surface area contributed by atoms with Gasteiger partial charge in [0.25, 0.3) is 0 Å². The molecule has 0 saturated carbocycles. The molecule has 5 nitrogen and oxygen atoms in total. The summed E-state index contributed by atoms with van der Waals surface area (Å²) in [7, 11) is 0. The largest absolute Gasteiger partial charge is 0.462 e. The molecule has 0 aromatic carbocycles. The number of unbranched alkanes of at least 4 members (excludes halogenated alkanes) is 38. The van der Waals surface area contributed by atoms with Crippen molar-refractivity contribution in [2.24, 2.45) is 0 Å². The number of esters is 2. The van der Waals surface area contributed by atoms with E-state index < -0.39 is 6.10 Å². The van der Waals surface area contributed by atoms with Crippen LogP contribution in [0.5, 0.6) is 0 Å². The Morgan fingerprint density at radius 1 is 0.306 bits per heavy atom. The van der Waals surface area contributed by atoms with Crippen molar-refractivity contribution < 1.29 is 23.8 Å². The van der Waals surface area contributed by atoms with Gasteiger partial charge in [0, 0.05) is 19.4 Å². The topological polar surface area (TPSA) is 61.8 Å². The predicted octanol–water partition coefficient (Wildman–Crippen LogP) is 22.0. The van der Waals surface area contributed by atoms with Crippen molar-refractivity contribution in [3.63, 3.8) is 0 Å². The van der Waals surface area contributed by atoms with E-state index in [-0.39, 0.29) is 25.2 Å². The van der Waals surface area contributed by atoms with Gasteiger partial charge in [-0.15, -0.1) is 0 Å². The van der Waals surface area contributed by atoms with Crippen LogP contribution in [0.1, 0.15) is 329 Å². The maximum absolute atomic E-state index is 12.9.